The summed E-state index contributed by atoms with van der Waals surface area (Å²) in [6, 6.07) is 1.38. The zero-order chi connectivity index (χ0) is 18.3. The number of hydrogen-bond donors (Lipinski definition) is 1. The number of carbonyl (C=O) groups excluding carboxylic acids is 1. The number of aryl methyl sites for hydroxylation is 2. The van der Waals surface area contributed by atoms with Gasteiger partial charge in [-0.15, -0.1) is 0 Å². The van der Waals surface area contributed by atoms with Crippen LogP contribution in [-0.2, 0) is 22.7 Å². The molecule has 0 saturated carbocycles. The van der Waals surface area contributed by atoms with Crippen LogP contribution in [0.2, 0.25) is 0 Å². The molecule has 26 heavy (non-hydrogen) atoms. The first-order valence-electron chi connectivity index (χ1n) is 9.32. The van der Waals surface area contributed by atoms with E-state index in [1.807, 2.05) is 11.0 Å². The number of aliphatic hydroxyl groups excluding tert-OH is 1. The van der Waals surface area contributed by atoms with Gasteiger partial charge in [-0.1, -0.05) is 0 Å². The molecule has 8 heteroatoms. The van der Waals surface area contributed by atoms with Gasteiger partial charge in [-0.2, -0.15) is 0 Å². The van der Waals surface area contributed by atoms with Crippen LogP contribution in [0.25, 0.3) is 0 Å². The standard InChI is InChI=1S/C18H25N3O4S/c22-8-7-20-5-6-21(17-12-26(24,25)11-16(17)20)18(23)14-9-13-3-1-2-4-15(13)19-10-14/h9-10,16-17,22H,1-8,11-12H2/t16-,17+/m0/s1. The molecule has 1 N–H and O–H groups in total. The van der Waals surface area contributed by atoms with Crippen molar-refractivity contribution in [2.75, 3.05) is 37.7 Å². The molecule has 0 aromatic carbocycles. The molecule has 1 aliphatic carbocycles. The molecule has 1 aromatic rings. The summed E-state index contributed by atoms with van der Waals surface area (Å²) in [5.41, 5.74) is 2.79. The molecule has 2 aliphatic heterocycles. The Kier molecular flexibility index (Phi) is 4.75. The van der Waals surface area contributed by atoms with Crippen LogP contribution < -0.4 is 0 Å². The molecule has 142 valence electrons. The van der Waals surface area contributed by atoms with Crippen molar-refractivity contribution < 1.29 is 18.3 Å². The Balaban J connectivity index is 1.60. The largest absolute Gasteiger partial charge is 0.395 e. The van der Waals surface area contributed by atoms with Gasteiger partial charge in [0.1, 0.15) is 0 Å². The lowest BCUT2D eigenvalue weighted by atomic mass is 9.94. The second-order valence-electron chi connectivity index (χ2n) is 7.51. The first kappa shape index (κ1) is 17.9. The van der Waals surface area contributed by atoms with Gasteiger partial charge < -0.3 is 10.0 Å². The van der Waals surface area contributed by atoms with Crippen LogP contribution in [0.3, 0.4) is 0 Å². The van der Waals surface area contributed by atoms with Gasteiger partial charge in [0.2, 0.25) is 0 Å². The van der Waals surface area contributed by atoms with Crippen molar-refractivity contribution in [3.05, 3.63) is 29.1 Å². The molecule has 4 rings (SSSR count). The van der Waals surface area contributed by atoms with Gasteiger partial charge >= 0.3 is 0 Å². The SMILES string of the molecule is O=C(c1cnc2c(c1)CCCC2)N1CCN(CCO)[C@H]2CS(=O)(=O)C[C@H]21. The van der Waals surface area contributed by atoms with Crippen molar-refractivity contribution >= 4 is 15.7 Å². The monoisotopic (exact) mass is 379 g/mol. The number of carbonyl (C=O) groups is 1. The van der Waals surface area contributed by atoms with Crippen LogP contribution >= 0.6 is 0 Å². The third-order valence-corrected chi connectivity index (χ3v) is 7.55. The minimum Gasteiger partial charge on any atom is -0.395 e. The van der Waals surface area contributed by atoms with Crippen molar-refractivity contribution in [1.82, 2.24) is 14.8 Å². The van der Waals surface area contributed by atoms with Gasteiger partial charge in [0, 0.05) is 37.6 Å². The zero-order valence-electron chi connectivity index (χ0n) is 14.8. The van der Waals surface area contributed by atoms with E-state index in [4.69, 9.17) is 0 Å². The zero-order valence-corrected chi connectivity index (χ0v) is 15.6. The Morgan fingerprint density at radius 2 is 1.96 bits per heavy atom. The number of amides is 1. The molecular weight excluding hydrogens is 354 g/mol. The van der Waals surface area contributed by atoms with Crippen molar-refractivity contribution in [2.45, 2.75) is 37.8 Å². The van der Waals surface area contributed by atoms with E-state index < -0.39 is 9.84 Å². The van der Waals surface area contributed by atoms with E-state index in [9.17, 15) is 18.3 Å². The number of sulfone groups is 1. The van der Waals surface area contributed by atoms with Gasteiger partial charge in [-0.05, 0) is 37.3 Å². The number of aliphatic hydroxyl groups is 1. The van der Waals surface area contributed by atoms with Crippen molar-refractivity contribution in [3.63, 3.8) is 0 Å². The minimum absolute atomic E-state index is 0.00368. The Labute approximate surface area is 153 Å². The van der Waals surface area contributed by atoms with Gasteiger partial charge in [-0.25, -0.2) is 8.42 Å². The molecule has 0 unspecified atom stereocenters. The molecular formula is C18H25N3O4S. The van der Waals surface area contributed by atoms with E-state index in [2.05, 4.69) is 4.98 Å². The Hall–Kier alpha value is -1.51. The maximum atomic E-state index is 13.1. The second kappa shape index (κ2) is 6.90. The smallest absolute Gasteiger partial charge is 0.255 e. The number of pyridine rings is 1. The summed E-state index contributed by atoms with van der Waals surface area (Å²) < 4.78 is 24.4. The average Bonchev–Trinajstić information content (AvgIpc) is 2.96. The van der Waals surface area contributed by atoms with Gasteiger partial charge in [0.05, 0.1) is 29.7 Å². The lowest BCUT2D eigenvalue weighted by molar-refractivity contribution is 0.0281. The van der Waals surface area contributed by atoms with Gasteiger partial charge in [0.25, 0.3) is 5.91 Å². The Bertz CT molecular complexity index is 811. The average molecular weight is 379 g/mol. The number of aromatic nitrogens is 1. The van der Waals surface area contributed by atoms with Crippen LogP contribution in [0.15, 0.2) is 12.3 Å². The Morgan fingerprint density at radius 3 is 2.77 bits per heavy atom. The van der Waals surface area contributed by atoms with Crippen LogP contribution in [0, 0.1) is 0 Å². The molecule has 3 heterocycles. The lowest BCUT2D eigenvalue weighted by Gasteiger charge is -2.43. The van der Waals surface area contributed by atoms with Crippen LogP contribution in [0.4, 0.5) is 0 Å². The maximum Gasteiger partial charge on any atom is 0.255 e. The first-order chi connectivity index (χ1) is 12.5. The highest BCUT2D eigenvalue weighted by molar-refractivity contribution is 7.91. The molecule has 3 aliphatic rings. The number of nitrogens with zero attached hydrogens (tertiary/aromatic N) is 3. The van der Waals surface area contributed by atoms with E-state index in [-0.39, 0.29) is 36.1 Å². The minimum atomic E-state index is -3.18. The summed E-state index contributed by atoms with van der Waals surface area (Å²) >= 11 is 0. The van der Waals surface area contributed by atoms with E-state index in [0.29, 0.717) is 25.2 Å². The molecule has 1 amide bonds. The summed E-state index contributed by atoms with van der Waals surface area (Å²) in [4.78, 5) is 21.3. The van der Waals surface area contributed by atoms with E-state index >= 15 is 0 Å². The molecule has 2 fully saturated rings. The quantitative estimate of drug-likeness (QED) is 0.787. The molecule has 2 saturated heterocycles. The summed E-state index contributed by atoms with van der Waals surface area (Å²) in [5.74, 6) is -0.0604. The number of β-amino-alcohol motifs (C(OH)–C–C–N with tert-alkyl or cyclic N) is 1. The highest BCUT2D eigenvalue weighted by Gasteiger charge is 2.47. The number of rotatable bonds is 3. The highest BCUT2D eigenvalue weighted by Crippen LogP contribution is 2.28. The normalized spacial score (nSPS) is 27.8. The summed E-state index contributed by atoms with van der Waals surface area (Å²) in [7, 11) is -3.18. The number of hydrogen-bond acceptors (Lipinski definition) is 6. The fourth-order valence-corrected chi connectivity index (χ4v) is 6.57. The third-order valence-electron chi connectivity index (χ3n) is 5.86. The predicted molar refractivity (Wildman–Crippen MR) is 96.8 cm³/mol. The summed E-state index contributed by atoms with van der Waals surface area (Å²) in [6.45, 7) is 1.50. The van der Waals surface area contributed by atoms with Gasteiger partial charge in [-0.3, -0.25) is 14.7 Å². The summed E-state index contributed by atoms with van der Waals surface area (Å²) in [5, 5.41) is 9.25. The van der Waals surface area contributed by atoms with Crippen molar-refractivity contribution in [2.24, 2.45) is 0 Å². The molecule has 0 spiro atoms. The highest BCUT2D eigenvalue weighted by atomic mass is 32.2. The van der Waals surface area contributed by atoms with E-state index in [0.717, 1.165) is 36.9 Å². The molecule has 0 bridgehead atoms. The molecule has 1 aromatic heterocycles. The molecule has 7 nitrogen and oxygen atoms in total. The molecule has 0 radical (unpaired) electrons. The van der Waals surface area contributed by atoms with Crippen LogP contribution in [-0.4, -0.2) is 84.0 Å². The van der Waals surface area contributed by atoms with E-state index in [1.54, 1.807) is 11.1 Å². The molecule has 2 atom stereocenters. The van der Waals surface area contributed by atoms with Crippen molar-refractivity contribution in [1.29, 1.82) is 0 Å². The number of fused-ring (bicyclic) bond motifs is 2. The third kappa shape index (κ3) is 3.25. The second-order valence-corrected chi connectivity index (χ2v) is 9.66. The fourth-order valence-electron chi connectivity index (χ4n) is 4.55. The fraction of sp³-hybridized carbons (Fsp3) is 0.667. The van der Waals surface area contributed by atoms with Crippen molar-refractivity contribution in [3.8, 4) is 0 Å². The van der Waals surface area contributed by atoms with Crippen LogP contribution in [0.5, 0.6) is 0 Å². The predicted octanol–water partition coefficient (Wildman–Crippen LogP) is -0.124. The maximum absolute atomic E-state index is 13.1. The number of piperazine rings is 1. The first-order valence-corrected chi connectivity index (χ1v) is 11.1. The Morgan fingerprint density at radius 1 is 1.19 bits per heavy atom. The van der Waals surface area contributed by atoms with Crippen LogP contribution in [0.1, 0.15) is 34.5 Å². The van der Waals surface area contributed by atoms with Gasteiger partial charge in [0.15, 0.2) is 9.84 Å². The summed E-state index contributed by atoms with van der Waals surface area (Å²) in [6.07, 6.45) is 5.82. The van der Waals surface area contributed by atoms with E-state index in [1.165, 1.54) is 0 Å². The lowest BCUT2D eigenvalue weighted by Crippen LogP contribution is -2.61. The topological polar surface area (TPSA) is 90.8 Å².